The van der Waals surface area contributed by atoms with Crippen molar-refractivity contribution in [1.82, 2.24) is 0 Å². The Morgan fingerprint density at radius 2 is 1.71 bits per heavy atom. The molecule has 0 radical (unpaired) electrons. The van der Waals surface area contributed by atoms with Crippen molar-refractivity contribution in [1.29, 1.82) is 0 Å². The Morgan fingerprint density at radius 3 is 2.48 bits per heavy atom. The Labute approximate surface area is 122 Å². The lowest BCUT2D eigenvalue weighted by Crippen LogP contribution is -2.21. The van der Waals surface area contributed by atoms with Crippen LogP contribution < -0.4 is 0 Å². The maximum atomic E-state index is 11.9. The zero-order valence-corrected chi connectivity index (χ0v) is 11.8. The fourth-order valence-electron chi connectivity index (χ4n) is 2.18. The van der Waals surface area contributed by atoms with Crippen LogP contribution in [0.1, 0.15) is 18.9 Å². The second kappa shape index (κ2) is 6.79. The van der Waals surface area contributed by atoms with Crippen molar-refractivity contribution in [2.24, 2.45) is 0 Å². The molecule has 0 aliphatic carbocycles. The molecule has 0 aromatic heterocycles. The number of hydrogen-bond acceptors (Lipinski definition) is 4. The third kappa shape index (κ3) is 3.75. The molecule has 0 fully saturated rings. The van der Waals surface area contributed by atoms with Gasteiger partial charge in [-0.15, -0.1) is 0 Å². The average molecular weight is 284 g/mol. The van der Waals surface area contributed by atoms with Gasteiger partial charge in [0.15, 0.2) is 0 Å². The topological polar surface area (TPSA) is 60.4 Å². The molecule has 108 valence electrons. The minimum Gasteiger partial charge on any atom is -0.460 e. The first-order valence-corrected chi connectivity index (χ1v) is 6.80. The van der Waals surface area contributed by atoms with Gasteiger partial charge in [-0.1, -0.05) is 42.5 Å². The number of ketones is 2. The van der Waals surface area contributed by atoms with Gasteiger partial charge in [0.05, 0.1) is 13.0 Å². The Kier molecular flexibility index (Phi) is 4.82. The van der Waals surface area contributed by atoms with Crippen LogP contribution in [0.15, 0.2) is 42.5 Å². The first-order valence-electron chi connectivity index (χ1n) is 6.80. The summed E-state index contributed by atoms with van der Waals surface area (Å²) >= 11 is 0. The van der Waals surface area contributed by atoms with E-state index in [1.54, 1.807) is 6.92 Å². The number of carbonyl (C=O) groups excluding carboxylic acids is 3. The Balaban J connectivity index is 2.08. The zero-order chi connectivity index (χ0) is 15.2. The van der Waals surface area contributed by atoms with Gasteiger partial charge in [-0.05, 0) is 23.3 Å². The second-order valence-electron chi connectivity index (χ2n) is 4.67. The van der Waals surface area contributed by atoms with Gasteiger partial charge in [0, 0.05) is 6.42 Å². The maximum absolute atomic E-state index is 11.9. The lowest BCUT2D eigenvalue weighted by Gasteiger charge is -2.05. The SMILES string of the molecule is CCOC(=O)C(=O)CC(=O)Cc1cccc2ccccc12. The highest BCUT2D eigenvalue weighted by Crippen LogP contribution is 2.19. The standard InChI is InChI=1S/C17H16O4/c1-2-21-17(20)16(19)11-14(18)10-13-8-5-7-12-6-3-4-9-15(12)13/h3-9H,2,10-11H2,1H3. The highest BCUT2D eigenvalue weighted by Gasteiger charge is 2.19. The summed E-state index contributed by atoms with van der Waals surface area (Å²) in [7, 11) is 0. The number of esters is 1. The van der Waals surface area contributed by atoms with E-state index in [0.29, 0.717) is 0 Å². The summed E-state index contributed by atoms with van der Waals surface area (Å²) in [6.07, 6.45) is -0.283. The first-order chi connectivity index (χ1) is 10.1. The number of carbonyl (C=O) groups is 3. The molecule has 2 aromatic rings. The van der Waals surface area contributed by atoms with Gasteiger partial charge < -0.3 is 4.74 Å². The van der Waals surface area contributed by atoms with Crippen molar-refractivity contribution in [3.8, 4) is 0 Å². The molecule has 0 saturated heterocycles. The number of Topliss-reactive ketones (excluding diaryl/α,β-unsaturated/α-hetero) is 2. The summed E-state index contributed by atoms with van der Waals surface area (Å²) in [6, 6.07) is 13.4. The fraction of sp³-hybridized carbons (Fsp3) is 0.235. The van der Waals surface area contributed by atoms with Crippen molar-refractivity contribution in [3.05, 3.63) is 48.0 Å². The Hall–Kier alpha value is -2.49. The predicted molar refractivity (Wildman–Crippen MR) is 78.9 cm³/mol. The Bertz CT molecular complexity index is 683. The van der Waals surface area contributed by atoms with Crippen molar-refractivity contribution >= 4 is 28.3 Å². The smallest absolute Gasteiger partial charge is 0.375 e. The summed E-state index contributed by atoms with van der Waals surface area (Å²) in [6.45, 7) is 1.74. The molecule has 0 amide bonds. The summed E-state index contributed by atoms with van der Waals surface area (Å²) in [5.74, 6) is -2.02. The van der Waals surface area contributed by atoms with E-state index in [9.17, 15) is 14.4 Å². The van der Waals surface area contributed by atoms with Gasteiger partial charge in [-0.2, -0.15) is 0 Å². The summed E-state index contributed by atoms with van der Waals surface area (Å²) in [5, 5.41) is 2.02. The molecule has 4 nitrogen and oxygen atoms in total. The van der Waals surface area contributed by atoms with Gasteiger partial charge in [-0.3, -0.25) is 9.59 Å². The van der Waals surface area contributed by atoms with E-state index in [2.05, 4.69) is 4.74 Å². The van der Waals surface area contributed by atoms with Gasteiger partial charge in [0.25, 0.3) is 0 Å². The van der Waals surface area contributed by atoms with Crippen LogP contribution in [-0.2, 0) is 25.5 Å². The maximum Gasteiger partial charge on any atom is 0.375 e. The van der Waals surface area contributed by atoms with E-state index in [0.717, 1.165) is 16.3 Å². The van der Waals surface area contributed by atoms with Crippen molar-refractivity contribution in [2.45, 2.75) is 19.8 Å². The van der Waals surface area contributed by atoms with Crippen molar-refractivity contribution < 1.29 is 19.1 Å². The molecular weight excluding hydrogens is 268 g/mol. The molecule has 21 heavy (non-hydrogen) atoms. The zero-order valence-electron chi connectivity index (χ0n) is 11.8. The number of rotatable bonds is 6. The molecule has 0 bridgehead atoms. The number of ether oxygens (including phenoxy) is 1. The van der Waals surface area contributed by atoms with Crippen molar-refractivity contribution in [3.63, 3.8) is 0 Å². The number of hydrogen-bond donors (Lipinski definition) is 0. The molecule has 0 saturated carbocycles. The molecule has 0 aliphatic rings. The lowest BCUT2D eigenvalue weighted by molar-refractivity contribution is -0.154. The van der Waals surface area contributed by atoms with E-state index in [1.807, 2.05) is 42.5 Å². The third-order valence-electron chi connectivity index (χ3n) is 3.13. The van der Waals surface area contributed by atoms with E-state index in [1.165, 1.54) is 0 Å². The fourth-order valence-corrected chi connectivity index (χ4v) is 2.18. The molecular formula is C17H16O4. The minimum atomic E-state index is -0.941. The lowest BCUT2D eigenvalue weighted by atomic mass is 9.99. The molecule has 0 unspecified atom stereocenters. The molecule has 2 aromatic carbocycles. The molecule has 0 atom stereocenters. The summed E-state index contributed by atoms with van der Waals surface area (Å²) in [5.41, 5.74) is 0.856. The Morgan fingerprint density at radius 1 is 1.00 bits per heavy atom. The number of fused-ring (bicyclic) bond motifs is 1. The van der Waals surface area contributed by atoms with Crippen LogP contribution in [-0.4, -0.2) is 24.1 Å². The quantitative estimate of drug-likeness (QED) is 0.464. The highest BCUT2D eigenvalue weighted by molar-refractivity contribution is 6.37. The largest absolute Gasteiger partial charge is 0.460 e. The van der Waals surface area contributed by atoms with E-state index < -0.39 is 18.2 Å². The monoisotopic (exact) mass is 284 g/mol. The van der Waals surface area contributed by atoms with E-state index in [-0.39, 0.29) is 18.8 Å². The third-order valence-corrected chi connectivity index (χ3v) is 3.13. The van der Waals surface area contributed by atoms with Crippen molar-refractivity contribution in [2.75, 3.05) is 6.61 Å². The van der Waals surface area contributed by atoms with E-state index >= 15 is 0 Å². The van der Waals surface area contributed by atoms with E-state index in [4.69, 9.17) is 0 Å². The number of benzene rings is 2. The second-order valence-corrected chi connectivity index (χ2v) is 4.67. The van der Waals surface area contributed by atoms with Crippen LogP contribution in [0.4, 0.5) is 0 Å². The first kappa shape index (κ1) is 14.9. The average Bonchev–Trinajstić information content (AvgIpc) is 2.47. The predicted octanol–water partition coefficient (Wildman–Crippen LogP) is 2.47. The van der Waals surface area contributed by atoms with Crippen LogP contribution >= 0.6 is 0 Å². The summed E-state index contributed by atoms with van der Waals surface area (Å²) < 4.78 is 4.58. The normalized spacial score (nSPS) is 10.3. The molecule has 0 heterocycles. The van der Waals surface area contributed by atoms with Crippen LogP contribution in [0.5, 0.6) is 0 Å². The van der Waals surface area contributed by atoms with Gasteiger partial charge >= 0.3 is 5.97 Å². The molecule has 4 heteroatoms. The van der Waals surface area contributed by atoms with Gasteiger partial charge in [-0.25, -0.2) is 4.79 Å². The molecule has 0 spiro atoms. The summed E-state index contributed by atoms with van der Waals surface area (Å²) in [4.78, 5) is 34.7. The molecule has 0 N–H and O–H groups in total. The highest BCUT2D eigenvalue weighted by atomic mass is 16.5. The molecule has 0 aliphatic heterocycles. The molecule has 2 rings (SSSR count). The van der Waals surface area contributed by atoms with Gasteiger partial charge in [0.2, 0.25) is 5.78 Å². The van der Waals surface area contributed by atoms with Crippen LogP contribution in [0.25, 0.3) is 10.8 Å². The minimum absolute atomic E-state index is 0.127. The van der Waals surface area contributed by atoms with Crippen LogP contribution in [0.2, 0.25) is 0 Å². The van der Waals surface area contributed by atoms with Crippen LogP contribution in [0, 0.1) is 0 Å². The van der Waals surface area contributed by atoms with Crippen LogP contribution in [0.3, 0.4) is 0 Å². The van der Waals surface area contributed by atoms with Gasteiger partial charge in [0.1, 0.15) is 5.78 Å².